The first-order chi connectivity index (χ1) is 24.7. The SMILES string of the molecule is CC(C)(C)[C@H](NC(=O)COCCCOOc1ccc(N2C(=S)N(c3ccc(C#N)c(C(F)(F)F)c3)C(=O)C2(C)C)cc1)C(=O)N1C[C@H](O)C[C@H]1C(N)=O. The van der Waals surface area contributed by atoms with Gasteiger partial charge in [-0.15, -0.1) is 0 Å². The molecule has 4 rings (SSSR count). The first-order valence-electron chi connectivity index (χ1n) is 16.5. The summed E-state index contributed by atoms with van der Waals surface area (Å²) in [5.74, 6) is -2.09. The molecule has 0 saturated carbocycles. The molecule has 2 aromatic carbocycles. The number of aliphatic hydroxyl groups excluding tert-OH is 1. The van der Waals surface area contributed by atoms with Gasteiger partial charge in [-0.2, -0.15) is 23.3 Å². The lowest BCUT2D eigenvalue weighted by molar-refractivity contribution is -0.208. The van der Waals surface area contributed by atoms with E-state index >= 15 is 0 Å². The van der Waals surface area contributed by atoms with Crippen molar-refractivity contribution in [1.82, 2.24) is 10.2 Å². The van der Waals surface area contributed by atoms with Gasteiger partial charge in [0.1, 0.15) is 24.2 Å². The van der Waals surface area contributed by atoms with Crippen molar-refractivity contribution in [1.29, 1.82) is 5.26 Å². The number of nitrogens with two attached hydrogens (primary N) is 1. The van der Waals surface area contributed by atoms with Gasteiger partial charge in [-0.05, 0) is 80.4 Å². The lowest BCUT2D eigenvalue weighted by Crippen LogP contribution is -2.57. The number of hydrogen-bond acceptors (Lipinski definition) is 10. The van der Waals surface area contributed by atoms with Crippen LogP contribution in [0.2, 0.25) is 0 Å². The first kappa shape index (κ1) is 40.9. The largest absolute Gasteiger partial charge is 0.417 e. The summed E-state index contributed by atoms with van der Waals surface area (Å²) in [6, 6.07) is 8.81. The Morgan fingerprint density at radius 2 is 1.75 bits per heavy atom. The van der Waals surface area contributed by atoms with Gasteiger partial charge in [0.25, 0.3) is 5.91 Å². The zero-order chi connectivity index (χ0) is 39.5. The van der Waals surface area contributed by atoms with Crippen molar-refractivity contribution in [3.8, 4) is 11.8 Å². The van der Waals surface area contributed by atoms with Crippen LogP contribution in [0.1, 0.15) is 58.6 Å². The van der Waals surface area contributed by atoms with E-state index < -0.39 is 70.1 Å². The number of β-amino-alcohol motifs (C(OH)–C–C–N with tert-alkyl or cyclic N) is 1. The summed E-state index contributed by atoms with van der Waals surface area (Å²) in [5, 5.41) is 21.7. The van der Waals surface area contributed by atoms with E-state index in [9.17, 15) is 37.5 Å². The highest BCUT2D eigenvalue weighted by Gasteiger charge is 2.51. The fourth-order valence-electron chi connectivity index (χ4n) is 5.95. The van der Waals surface area contributed by atoms with Crippen LogP contribution in [0.25, 0.3) is 0 Å². The Kier molecular flexibility index (Phi) is 12.4. The number of nitrogens with zero attached hydrogens (tertiary/aromatic N) is 4. The van der Waals surface area contributed by atoms with Crippen LogP contribution in [-0.4, -0.2) is 88.8 Å². The highest BCUT2D eigenvalue weighted by Crippen LogP contribution is 2.40. The Bertz CT molecular complexity index is 1780. The summed E-state index contributed by atoms with van der Waals surface area (Å²) in [6.07, 6.45) is -5.35. The van der Waals surface area contributed by atoms with Crippen LogP contribution < -0.4 is 25.7 Å². The number of aliphatic hydroxyl groups is 1. The normalized spacial score (nSPS) is 19.3. The molecule has 18 heteroatoms. The molecule has 0 aliphatic carbocycles. The number of thiocarbonyl (C=S) groups is 1. The van der Waals surface area contributed by atoms with Crippen LogP contribution in [0, 0.1) is 16.7 Å². The predicted molar refractivity (Wildman–Crippen MR) is 188 cm³/mol. The number of alkyl halides is 3. The Balaban J connectivity index is 1.25. The fraction of sp³-hybridized carbons (Fsp3) is 0.486. The molecule has 0 unspecified atom stereocenters. The number of rotatable bonds is 13. The van der Waals surface area contributed by atoms with Crippen molar-refractivity contribution in [2.45, 2.75) is 77.4 Å². The minimum atomic E-state index is -4.82. The van der Waals surface area contributed by atoms with Gasteiger partial charge in [-0.1, -0.05) is 20.8 Å². The minimum Gasteiger partial charge on any atom is -0.391 e. The third-order valence-corrected chi connectivity index (χ3v) is 9.03. The average molecular weight is 763 g/mol. The second-order valence-electron chi connectivity index (χ2n) is 14.1. The standard InChI is InChI=1S/C35H41F3N6O8S/c1-33(2,3)28(30(48)42-18-23(45)16-26(42)29(40)47)41-27(46)19-50-13-6-14-51-52-24-11-9-21(10-12-24)44-32(53)43(31(49)34(44,4)5)22-8-7-20(17-39)25(15-22)35(36,37)38/h7-12,15,23,26,28,45H,6,13-14,16,18-19H2,1-5H3,(H2,40,47)(H,41,46)/t23-,26+,28-/m1/s1. The van der Waals surface area contributed by atoms with E-state index in [1.54, 1.807) is 58.9 Å². The summed E-state index contributed by atoms with van der Waals surface area (Å²) in [4.78, 5) is 65.4. The first-order valence-corrected chi connectivity index (χ1v) is 16.9. The minimum absolute atomic E-state index is 0.0284. The van der Waals surface area contributed by atoms with Crippen molar-refractivity contribution in [2.75, 3.05) is 36.2 Å². The third kappa shape index (κ3) is 9.22. The summed E-state index contributed by atoms with van der Waals surface area (Å²) in [5.41, 5.74) is 2.00. The molecule has 0 bridgehead atoms. The lowest BCUT2D eigenvalue weighted by Gasteiger charge is -2.35. The van der Waals surface area contributed by atoms with Gasteiger partial charge in [0.2, 0.25) is 17.7 Å². The molecule has 2 aromatic rings. The molecule has 4 N–H and O–H groups in total. The Labute approximate surface area is 309 Å². The molecule has 53 heavy (non-hydrogen) atoms. The number of nitrogens with one attached hydrogen (secondary N) is 1. The second kappa shape index (κ2) is 16.0. The van der Waals surface area contributed by atoms with Crippen LogP contribution in [0.3, 0.4) is 0 Å². The lowest BCUT2D eigenvalue weighted by atomic mass is 9.85. The van der Waals surface area contributed by atoms with Gasteiger partial charge in [0, 0.05) is 25.3 Å². The van der Waals surface area contributed by atoms with Crippen LogP contribution in [-0.2, 0) is 35.0 Å². The summed E-state index contributed by atoms with van der Waals surface area (Å²) in [7, 11) is 0. The summed E-state index contributed by atoms with van der Waals surface area (Å²) in [6.45, 7) is 8.19. The van der Waals surface area contributed by atoms with E-state index in [-0.39, 0.29) is 43.6 Å². The highest BCUT2D eigenvalue weighted by atomic mass is 32.1. The zero-order valence-corrected chi connectivity index (χ0v) is 30.5. The van der Waals surface area contributed by atoms with Crippen LogP contribution in [0.5, 0.6) is 5.75 Å². The van der Waals surface area contributed by atoms with Crippen molar-refractivity contribution in [2.24, 2.45) is 11.1 Å². The molecule has 286 valence electrons. The number of halogens is 3. The number of primary amides is 1. The maximum atomic E-state index is 13.6. The van der Waals surface area contributed by atoms with E-state index in [1.807, 2.05) is 0 Å². The maximum absolute atomic E-state index is 13.6. The summed E-state index contributed by atoms with van der Waals surface area (Å²) >= 11 is 5.56. The van der Waals surface area contributed by atoms with Crippen molar-refractivity contribution < 1.29 is 52.0 Å². The number of carbonyl (C=O) groups excluding carboxylic acids is 4. The van der Waals surface area contributed by atoms with Crippen molar-refractivity contribution in [3.05, 3.63) is 53.6 Å². The maximum Gasteiger partial charge on any atom is 0.417 e. The van der Waals surface area contributed by atoms with E-state index in [0.717, 1.165) is 17.0 Å². The molecule has 2 aliphatic rings. The molecule has 2 aliphatic heterocycles. The van der Waals surface area contributed by atoms with E-state index in [1.165, 1.54) is 21.9 Å². The Hall–Kier alpha value is -4.83. The number of likely N-dealkylation sites (tertiary alicyclic amines) is 1. The van der Waals surface area contributed by atoms with Crippen LogP contribution in [0.4, 0.5) is 24.5 Å². The van der Waals surface area contributed by atoms with Crippen molar-refractivity contribution >= 4 is 52.3 Å². The van der Waals surface area contributed by atoms with Gasteiger partial charge in [-0.25, -0.2) is 0 Å². The fourth-order valence-corrected chi connectivity index (χ4v) is 6.47. The smallest absolute Gasteiger partial charge is 0.391 e. The third-order valence-electron chi connectivity index (χ3n) is 8.66. The number of hydrogen-bond donors (Lipinski definition) is 3. The molecule has 0 aromatic heterocycles. The Morgan fingerprint density at radius 3 is 2.34 bits per heavy atom. The highest BCUT2D eigenvalue weighted by molar-refractivity contribution is 7.81. The summed E-state index contributed by atoms with van der Waals surface area (Å²) < 4.78 is 46.3. The molecular formula is C35H41F3N6O8S. The van der Waals surface area contributed by atoms with Gasteiger partial charge in [-0.3, -0.25) is 24.1 Å². The molecule has 0 spiro atoms. The molecule has 2 fully saturated rings. The number of carbonyl (C=O) groups is 4. The Morgan fingerprint density at radius 1 is 1.11 bits per heavy atom. The van der Waals surface area contributed by atoms with E-state index in [2.05, 4.69) is 5.32 Å². The molecule has 3 atom stereocenters. The molecule has 4 amide bonds. The molecular weight excluding hydrogens is 721 g/mol. The van der Waals surface area contributed by atoms with Gasteiger partial charge < -0.3 is 35.6 Å². The quantitative estimate of drug-likeness (QED) is 0.118. The molecule has 2 saturated heterocycles. The van der Waals surface area contributed by atoms with Crippen LogP contribution >= 0.6 is 12.2 Å². The number of amides is 4. The molecule has 14 nitrogen and oxygen atoms in total. The van der Waals surface area contributed by atoms with E-state index in [0.29, 0.717) is 17.9 Å². The molecule has 2 heterocycles. The number of nitriles is 1. The zero-order valence-electron chi connectivity index (χ0n) is 29.7. The van der Waals surface area contributed by atoms with Crippen molar-refractivity contribution in [3.63, 3.8) is 0 Å². The number of anilines is 2. The van der Waals surface area contributed by atoms with Gasteiger partial charge in [0.05, 0.1) is 35.6 Å². The number of ether oxygens (including phenoxy) is 1. The predicted octanol–water partition coefficient (Wildman–Crippen LogP) is 3.19. The van der Waals surface area contributed by atoms with Gasteiger partial charge in [0.15, 0.2) is 10.9 Å². The van der Waals surface area contributed by atoms with Gasteiger partial charge >= 0.3 is 6.18 Å². The molecule has 0 radical (unpaired) electrons. The topological polar surface area (TPSA) is 188 Å². The second-order valence-corrected chi connectivity index (χ2v) is 14.5. The monoisotopic (exact) mass is 762 g/mol. The van der Waals surface area contributed by atoms with Crippen LogP contribution in [0.15, 0.2) is 42.5 Å². The van der Waals surface area contributed by atoms with E-state index in [4.69, 9.17) is 37.7 Å². The number of benzene rings is 2. The average Bonchev–Trinajstić information content (AvgIpc) is 3.55.